The summed E-state index contributed by atoms with van der Waals surface area (Å²) < 4.78 is 0.395. The summed E-state index contributed by atoms with van der Waals surface area (Å²) in [7, 11) is 1.57. The minimum Gasteiger partial charge on any atom is -0.368 e. The van der Waals surface area contributed by atoms with E-state index in [4.69, 9.17) is 18.0 Å². The van der Waals surface area contributed by atoms with Gasteiger partial charge < -0.3 is 5.73 Å². The van der Waals surface area contributed by atoms with Crippen LogP contribution in [0.1, 0.15) is 5.56 Å². The summed E-state index contributed by atoms with van der Waals surface area (Å²) in [6, 6.07) is 6.99. The molecule has 0 saturated carbocycles. The minimum absolute atomic E-state index is 0.230. The number of primary amides is 1. The van der Waals surface area contributed by atoms with Gasteiger partial charge in [0.1, 0.15) is 10.9 Å². The first-order valence-corrected chi connectivity index (χ1v) is 7.58. The molecule has 1 aromatic carbocycles. The van der Waals surface area contributed by atoms with Crippen LogP contribution >= 0.6 is 24.0 Å². The zero-order chi connectivity index (χ0) is 16.0. The van der Waals surface area contributed by atoms with Gasteiger partial charge in [0, 0.05) is 12.6 Å². The van der Waals surface area contributed by atoms with Crippen molar-refractivity contribution < 1.29 is 14.4 Å². The Morgan fingerprint density at radius 2 is 1.95 bits per heavy atom. The highest BCUT2D eigenvalue weighted by Gasteiger charge is 2.41. The molecule has 2 heterocycles. The van der Waals surface area contributed by atoms with E-state index in [0.717, 1.165) is 11.8 Å². The number of carbonyl (C=O) groups excluding carboxylic acids is 3. The molecule has 112 valence electrons. The minimum atomic E-state index is -0.618. The first-order chi connectivity index (χ1) is 10.4. The van der Waals surface area contributed by atoms with Crippen molar-refractivity contribution in [2.24, 2.45) is 5.73 Å². The molecule has 0 bridgehead atoms. The molecule has 22 heavy (non-hydrogen) atoms. The number of thioether (sulfide) groups is 1. The molecule has 1 aromatic rings. The van der Waals surface area contributed by atoms with Gasteiger partial charge in [-0.2, -0.15) is 0 Å². The number of hydrogen-bond acceptors (Lipinski definition) is 5. The molecule has 1 saturated heterocycles. The predicted octanol–water partition coefficient (Wildman–Crippen LogP) is 0.720. The van der Waals surface area contributed by atoms with Crippen LogP contribution < -0.4 is 10.6 Å². The summed E-state index contributed by atoms with van der Waals surface area (Å²) in [5.41, 5.74) is 6.67. The van der Waals surface area contributed by atoms with Crippen LogP contribution in [0.4, 0.5) is 5.69 Å². The Morgan fingerprint density at radius 1 is 1.27 bits per heavy atom. The first-order valence-electron chi connectivity index (χ1n) is 6.35. The standard InChI is InChI=1S/C14H11N3O3S2/c1-16-13(20)11(22-14(16)21)10-7-4-2-3-5-8(7)17(12(10)19)6-9(15)18/h2-5H,6H2,1H3,(H2,15,18)/b11-10-. The average Bonchev–Trinajstić information content (AvgIpc) is 2.88. The number of amides is 3. The van der Waals surface area contributed by atoms with Crippen molar-refractivity contribution >= 4 is 57.3 Å². The summed E-state index contributed by atoms with van der Waals surface area (Å²) in [6.45, 7) is -0.230. The van der Waals surface area contributed by atoms with Crippen LogP contribution in [-0.4, -0.2) is 40.5 Å². The molecule has 0 radical (unpaired) electrons. The van der Waals surface area contributed by atoms with Crippen molar-refractivity contribution in [3.8, 4) is 0 Å². The highest BCUT2D eigenvalue weighted by atomic mass is 32.2. The molecule has 2 N–H and O–H groups in total. The van der Waals surface area contributed by atoms with E-state index in [-0.39, 0.29) is 22.9 Å². The second kappa shape index (κ2) is 5.22. The molecule has 3 rings (SSSR count). The molecule has 0 aliphatic carbocycles. The fourth-order valence-electron chi connectivity index (χ4n) is 2.40. The third-order valence-electron chi connectivity index (χ3n) is 3.43. The van der Waals surface area contributed by atoms with Gasteiger partial charge in [-0.3, -0.25) is 24.2 Å². The van der Waals surface area contributed by atoms with Gasteiger partial charge in [-0.1, -0.05) is 42.2 Å². The number of likely N-dealkylation sites (N-methyl/N-ethyl adjacent to an activating group) is 1. The quantitative estimate of drug-likeness (QED) is 0.637. The highest BCUT2D eigenvalue weighted by Crippen LogP contribution is 2.43. The molecule has 0 unspecified atom stereocenters. The number of nitrogens with zero attached hydrogens (tertiary/aromatic N) is 2. The molecule has 8 heteroatoms. The van der Waals surface area contributed by atoms with Crippen molar-refractivity contribution in [3.05, 3.63) is 34.7 Å². The van der Waals surface area contributed by atoms with Crippen molar-refractivity contribution in [2.75, 3.05) is 18.5 Å². The van der Waals surface area contributed by atoms with Crippen LogP contribution in [0.15, 0.2) is 29.2 Å². The number of nitrogens with two attached hydrogens (primary N) is 1. The molecular formula is C14H11N3O3S2. The second-order valence-corrected chi connectivity index (χ2v) is 6.46. The lowest BCUT2D eigenvalue weighted by atomic mass is 10.1. The van der Waals surface area contributed by atoms with Gasteiger partial charge in [-0.05, 0) is 6.07 Å². The van der Waals surface area contributed by atoms with E-state index in [2.05, 4.69) is 0 Å². The second-order valence-electron chi connectivity index (χ2n) is 4.81. The Labute approximate surface area is 135 Å². The Kier molecular flexibility index (Phi) is 3.50. The maximum atomic E-state index is 12.7. The van der Waals surface area contributed by atoms with Gasteiger partial charge >= 0.3 is 0 Å². The van der Waals surface area contributed by atoms with Crippen molar-refractivity contribution in [1.29, 1.82) is 0 Å². The molecule has 2 aliphatic rings. The lowest BCUT2D eigenvalue weighted by Gasteiger charge is -2.14. The summed E-state index contributed by atoms with van der Waals surface area (Å²) in [4.78, 5) is 39.1. The largest absolute Gasteiger partial charge is 0.368 e. The third-order valence-corrected chi connectivity index (χ3v) is 4.98. The molecular weight excluding hydrogens is 322 g/mol. The van der Waals surface area contributed by atoms with Crippen LogP contribution in [0.3, 0.4) is 0 Å². The van der Waals surface area contributed by atoms with Crippen molar-refractivity contribution in [1.82, 2.24) is 4.90 Å². The van der Waals surface area contributed by atoms with Crippen LogP contribution in [-0.2, 0) is 14.4 Å². The monoisotopic (exact) mass is 333 g/mol. The van der Waals surface area contributed by atoms with Crippen molar-refractivity contribution in [2.45, 2.75) is 0 Å². The molecule has 0 aromatic heterocycles. The number of anilines is 1. The van der Waals surface area contributed by atoms with Gasteiger partial charge in [-0.25, -0.2) is 0 Å². The first kappa shape index (κ1) is 14.7. The van der Waals surface area contributed by atoms with Gasteiger partial charge in [0.05, 0.1) is 16.2 Å². The third kappa shape index (κ3) is 2.11. The number of hydrogen-bond donors (Lipinski definition) is 1. The molecule has 0 spiro atoms. The van der Waals surface area contributed by atoms with Gasteiger partial charge in [0.25, 0.3) is 11.8 Å². The molecule has 0 atom stereocenters. The summed E-state index contributed by atoms with van der Waals surface area (Å²) in [5.74, 6) is -1.34. The zero-order valence-electron chi connectivity index (χ0n) is 11.5. The fourth-order valence-corrected chi connectivity index (χ4v) is 3.66. The average molecular weight is 333 g/mol. The maximum Gasteiger partial charge on any atom is 0.266 e. The Balaban J connectivity index is 2.18. The maximum absolute atomic E-state index is 12.7. The van der Waals surface area contributed by atoms with Crippen LogP contribution in [0.5, 0.6) is 0 Å². The number of para-hydroxylation sites is 1. The number of fused-ring (bicyclic) bond motifs is 1. The van der Waals surface area contributed by atoms with E-state index in [9.17, 15) is 14.4 Å². The Bertz CT molecular complexity index is 772. The summed E-state index contributed by atoms with van der Waals surface area (Å²) in [5, 5.41) is 0. The zero-order valence-corrected chi connectivity index (χ0v) is 13.2. The van der Waals surface area contributed by atoms with E-state index < -0.39 is 11.8 Å². The smallest absolute Gasteiger partial charge is 0.266 e. The number of carbonyl (C=O) groups is 3. The fraction of sp³-hybridized carbons (Fsp3) is 0.143. The lowest BCUT2D eigenvalue weighted by Crippen LogP contribution is -2.36. The van der Waals surface area contributed by atoms with E-state index in [1.807, 2.05) is 0 Å². The normalized spacial score (nSPS) is 20.9. The summed E-state index contributed by atoms with van der Waals surface area (Å²) >= 11 is 6.19. The van der Waals surface area contributed by atoms with Gasteiger partial charge in [0.2, 0.25) is 5.91 Å². The molecule has 1 fully saturated rings. The molecule has 2 aliphatic heterocycles. The summed E-state index contributed by atoms with van der Waals surface area (Å²) in [6.07, 6.45) is 0. The van der Waals surface area contributed by atoms with E-state index in [0.29, 0.717) is 15.6 Å². The highest BCUT2D eigenvalue weighted by molar-refractivity contribution is 8.26. The van der Waals surface area contributed by atoms with Crippen molar-refractivity contribution in [3.63, 3.8) is 0 Å². The van der Waals surface area contributed by atoms with E-state index in [1.54, 1.807) is 31.3 Å². The number of rotatable bonds is 2. The van der Waals surface area contributed by atoms with Crippen LogP contribution in [0, 0.1) is 0 Å². The predicted molar refractivity (Wildman–Crippen MR) is 87.9 cm³/mol. The Morgan fingerprint density at radius 3 is 2.55 bits per heavy atom. The Hall–Kier alpha value is -2.19. The van der Waals surface area contributed by atoms with Crippen LogP contribution in [0.2, 0.25) is 0 Å². The van der Waals surface area contributed by atoms with Gasteiger partial charge in [-0.15, -0.1) is 0 Å². The topological polar surface area (TPSA) is 83.7 Å². The molecule has 3 amide bonds. The van der Waals surface area contributed by atoms with Crippen LogP contribution in [0.25, 0.3) is 5.57 Å². The van der Waals surface area contributed by atoms with E-state index in [1.165, 1.54) is 9.80 Å². The number of benzene rings is 1. The van der Waals surface area contributed by atoms with Gasteiger partial charge in [0.15, 0.2) is 0 Å². The SMILES string of the molecule is CN1C(=O)/C(=C2/C(=O)N(CC(N)=O)c3ccccc32)SC1=S. The van der Waals surface area contributed by atoms with E-state index >= 15 is 0 Å². The number of thiocarbonyl (C=S) groups is 1. The molecule has 6 nitrogen and oxygen atoms in total. The lowest BCUT2D eigenvalue weighted by molar-refractivity contribution is -0.121.